The predicted octanol–water partition coefficient (Wildman–Crippen LogP) is 1.42. The van der Waals surface area contributed by atoms with Gasteiger partial charge in [-0.15, -0.1) is 0 Å². The first-order valence-electron chi connectivity index (χ1n) is 7.14. The summed E-state index contributed by atoms with van der Waals surface area (Å²) in [6.45, 7) is 9.79. The van der Waals surface area contributed by atoms with E-state index in [1.807, 2.05) is 13.8 Å². The molecule has 0 radical (unpaired) electrons. The van der Waals surface area contributed by atoms with Crippen LogP contribution in [0.4, 0.5) is 0 Å². The number of rotatable bonds is 6. The third-order valence-corrected chi connectivity index (χ3v) is 4.39. The molecule has 0 aliphatic carbocycles. The molecule has 1 fully saturated rings. The fraction of sp³-hybridized carbons (Fsp3) is 0.929. The highest BCUT2D eigenvalue weighted by molar-refractivity contribution is 5.85. The lowest BCUT2D eigenvalue weighted by Gasteiger charge is -2.25. The summed E-state index contributed by atoms with van der Waals surface area (Å²) >= 11 is 0. The summed E-state index contributed by atoms with van der Waals surface area (Å²) in [4.78, 5) is 4.85. The van der Waals surface area contributed by atoms with Crippen molar-refractivity contribution in [3.63, 3.8) is 0 Å². The number of likely N-dealkylation sites (tertiary alicyclic amines) is 1. The van der Waals surface area contributed by atoms with Crippen LogP contribution in [0.1, 0.15) is 33.6 Å². The summed E-state index contributed by atoms with van der Waals surface area (Å²) in [7, 11) is 4.32. The maximum Gasteiger partial charge on any atom is 0.144 e. The summed E-state index contributed by atoms with van der Waals surface area (Å²) in [5, 5.41) is 11.9. The minimum absolute atomic E-state index is 0.221. The van der Waals surface area contributed by atoms with Crippen molar-refractivity contribution < 1.29 is 5.21 Å². The normalized spacial score (nSPS) is 26.3. The molecule has 2 unspecified atom stereocenters. The Morgan fingerprint density at radius 2 is 2.05 bits per heavy atom. The van der Waals surface area contributed by atoms with Crippen molar-refractivity contribution >= 4 is 5.84 Å². The molecule has 5 heteroatoms. The largest absolute Gasteiger partial charge is 0.409 e. The third-order valence-electron chi connectivity index (χ3n) is 4.39. The Morgan fingerprint density at radius 3 is 2.53 bits per heavy atom. The van der Waals surface area contributed by atoms with Crippen molar-refractivity contribution in [3.05, 3.63) is 0 Å². The van der Waals surface area contributed by atoms with Crippen LogP contribution in [0.5, 0.6) is 0 Å². The maximum atomic E-state index is 8.76. The van der Waals surface area contributed by atoms with Gasteiger partial charge in [0.2, 0.25) is 0 Å². The molecule has 19 heavy (non-hydrogen) atoms. The van der Waals surface area contributed by atoms with Crippen molar-refractivity contribution in [1.29, 1.82) is 0 Å². The van der Waals surface area contributed by atoms with E-state index in [0.29, 0.717) is 11.9 Å². The second-order valence-corrected chi connectivity index (χ2v) is 6.74. The van der Waals surface area contributed by atoms with Gasteiger partial charge < -0.3 is 20.7 Å². The van der Waals surface area contributed by atoms with Gasteiger partial charge in [-0.2, -0.15) is 0 Å². The smallest absolute Gasteiger partial charge is 0.144 e. The van der Waals surface area contributed by atoms with Gasteiger partial charge in [0, 0.05) is 24.5 Å². The second-order valence-electron chi connectivity index (χ2n) is 6.74. The van der Waals surface area contributed by atoms with Crippen LogP contribution in [-0.2, 0) is 0 Å². The van der Waals surface area contributed by atoms with Crippen LogP contribution in [0.25, 0.3) is 0 Å². The number of nitrogens with two attached hydrogens (primary N) is 1. The monoisotopic (exact) mass is 270 g/mol. The zero-order valence-electron chi connectivity index (χ0n) is 13.1. The molecule has 0 bridgehead atoms. The highest BCUT2D eigenvalue weighted by Crippen LogP contribution is 2.24. The third kappa shape index (κ3) is 4.35. The molecule has 3 N–H and O–H groups in total. The molecule has 0 spiro atoms. The van der Waals surface area contributed by atoms with Gasteiger partial charge in [0.05, 0.1) is 0 Å². The zero-order chi connectivity index (χ0) is 14.6. The molecule has 0 aromatic rings. The van der Waals surface area contributed by atoms with Crippen molar-refractivity contribution in [2.75, 3.05) is 33.7 Å². The summed E-state index contributed by atoms with van der Waals surface area (Å²) in [5.74, 6) is 1.06. The first kappa shape index (κ1) is 16.2. The Hall–Kier alpha value is -0.810. The SMILES string of the molecule is CC1CN(CCCC(C)(C)C(N)=NO)CC1N(C)C. The molecule has 1 saturated heterocycles. The van der Waals surface area contributed by atoms with E-state index in [4.69, 9.17) is 10.9 Å². The van der Waals surface area contributed by atoms with E-state index in [1.165, 1.54) is 6.54 Å². The van der Waals surface area contributed by atoms with Gasteiger partial charge in [-0.05, 0) is 39.4 Å². The minimum Gasteiger partial charge on any atom is -0.409 e. The number of hydrogen-bond donors (Lipinski definition) is 2. The highest BCUT2D eigenvalue weighted by Gasteiger charge is 2.31. The van der Waals surface area contributed by atoms with E-state index in [2.05, 4.69) is 36.0 Å². The molecule has 0 aromatic heterocycles. The topological polar surface area (TPSA) is 65.1 Å². The van der Waals surface area contributed by atoms with Gasteiger partial charge in [0.15, 0.2) is 0 Å². The van der Waals surface area contributed by atoms with Crippen LogP contribution in [0.3, 0.4) is 0 Å². The van der Waals surface area contributed by atoms with Crippen molar-refractivity contribution in [3.8, 4) is 0 Å². The number of likely N-dealkylation sites (N-methyl/N-ethyl adjacent to an activating group) is 1. The molecule has 0 aromatic carbocycles. The molecule has 1 aliphatic rings. The minimum atomic E-state index is -0.221. The Labute approximate surface area is 117 Å². The predicted molar refractivity (Wildman–Crippen MR) is 79.5 cm³/mol. The summed E-state index contributed by atoms with van der Waals surface area (Å²) < 4.78 is 0. The number of hydrogen-bond acceptors (Lipinski definition) is 4. The fourth-order valence-electron chi connectivity index (χ4n) is 2.91. The van der Waals surface area contributed by atoms with Crippen LogP contribution in [0.15, 0.2) is 5.16 Å². The van der Waals surface area contributed by atoms with Crippen LogP contribution >= 0.6 is 0 Å². The first-order valence-corrected chi connectivity index (χ1v) is 7.14. The van der Waals surface area contributed by atoms with Gasteiger partial charge in [-0.25, -0.2) is 0 Å². The summed E-state index contributed by atoms with van der Waals surface area (Å²) in [5.41, 5.74) is 5.49. The Morgan fingerprint density at radius 1 is 1.42 bits per heavy atom. The molecule has 1 rings (SSSR count). The molecule has 2 atom stereocenters. The molecule has 1 aliphatic heterocycles. The fourth-order valence-corrected chi connectivity index (χ4v) is 2.91. The molecule has 112 valence electrons. The van der Waals surface area contributed by atoms with Crippen molar-refractivity contribution in [1.82, 2.24) is 9.80 Å². The average Bonchev–Trinajstić information content (AvgIpc) is 2.69. The lowest BCUT2D eigenvalue weighted by Crippen LogP contribution is -2.35. The quantitative estimate of drug-likeness (QED) is 0.332. The van der Waals surface area contributed by atoms with Gasteiger partial charge in [0.25, 0.3) is 0 Å². The second kappa shape index (κ2) is 6.57. The highest BCUT2D eigenvalue weighted by atomic mass is 16.4. The van der Waals surface area contributed by atoms with Crippen molar-refractivity contribution in [2.45, 2.75) is 39.7 Å². The summed E-state index contributed by atoms with van der Waals surface area (Å²) in [6.07, 6.45) is 2.02. The number of amidine groups is 1. The first-order chi connectivity index (χ1) is 8.77. The van der Waals surface area contributed by atoms with E-state index in [0.717, 1.165) is 31.8 Å². The molecular weight excluding hydrogens is 240 g/mol. The standard InChI is InChI=1S/C14H30N4O/c1-11-9-18(10-12(11)17(4)5)8-6-7-14(2,3)13(15)16-19/h11-12,19H,6-10H2,1-5H3,(H2,15,16). The molecule has 0 amide bonds. The van der Waals surface area contributed by atoms with E-state index in [-0.39, 0.29) is 5.41 Å². The lowest BCUT2D eigenvalue weighted by atomic mass is 9.86. The molecule has 5 nitrogen and oxygen atoms in total. The molecular formula is C14H30N4O. The zero-order valence-corrected chi connectivity index (χ0v) is 13.1. The summed E-state index contributed by atoms with van der Waals surface area (Å²) in [6, 6.07) is 0.664. The van der Waals surface area contributed by atoms with Gasteiger partial charge in [0.1, 0.15) is 5.84 Å². The number of oxime groups is 1. The average molecular weight is 270 g/mol. The van der Waals surface area contributed by atoms with Crippen molar-refractivity contribution in [2.24, 2.45) is 22.2 Å². The Bertz CT molecular complexity index is 315. The van der Waals surface area contributed by atoms with Crippen LogP contribution in [-0.4, -0.2) is 60.6 Å². The molecule has 0 saturated carbocycles. The van der Waals surface area contributed by atoms with Gasteiger partial charge in [-0.1, -0.05) is 25.9 Å². The Kier molecular flexibility index (Phi) is 5.62. The van der Waals surface area contributed by atoms with Crippen LogP contribution in [0, 0.1) is 11.3 Å². The van der Waals surface area contributed by atoms with Crippen LogP contribution in [0.2, 0.25) is 0 Å². The van der Waals surface area contributed by atoms with Crippen LogP contribution < -0.4 is 5.73 Å². The Balaban J connectivity index is 2.35. The van der Waals surface area contributed by atoms with Gasteiger partial charge in [-0.3, -0.25) is 0 Å². The van der Waals surface area contributed by atoms with E-state index < -0.39 is 0 Å². The lowest BCUT2D eigenvalue weighted by molar-refractivity contribution is 0.248. The maximum absolute atomic E-state index is 8.76. The molecule has 1 heterocycles. The van der Waals surface area contributed by atoms with E-state index in [9.17, 15) is 0 Å². The van der Waals surface area contributed by atoms with E-state index in [1.54, 1.807) is 0 Å². The van der Waals surface area contributed by atoms with Gasteiger partial charge >= 0.3 is 0 Å². The number of nitrogens with zero attached hydrogens (tertiary/aromatic N) is 3. The van der Waals surface area contributed by atoms with E-state index >= 15 is 0 Å².